The summed E-state index contributed by atoms with van der Waals surface area (Å²) < 4.78 is 2.07. The van der Waals surface area contributed by atoms with E-state index in [1.165, 1.54) is 49.2 Å². The van der Waals surface area contributed by atoms with Crippen molar-refractivity contribution >= 4 is 5.65 Å². The molecule has 2 aromatic rings. The van der Waals surface area contributed by atoms with Crippen molar-refractivity contribution in [3.05, 3.63) is 29.2 Å². The van der Waals surface area contributed by atoms with Gasteiger partial charge < -0.3 is 5.32 Å². The topological polar surface area (TPSA) is 42.2 Å². The van der Waals surface area contributed by atoms with Gasteiger partial charge in [0.1, 0.15) is 0 Å². The summed E-state index contributed by atoms with van der Waals surface area (Å²) in [4.78, 5) is 4.70. The molecule has 19 heavy (non-hydrogen) atoms. The zero-order chi connectivity index (χ0) is 12.7. The quantitative estimate of drug-likeness (QED) is 0.852. The van der Waals surface area contributed by atoms with E-state index in [9.17, 15) is 0 Å². The molecule has 0 aromatic carbocycles. The first kappa shape index (κ1) is 11.4. The summed E-state index contributed by atoms with van der Waals surface area (Å²) in [5.41, 5.74) is 4.76. The highest BCUT2D eigenvalue weighted by Gasteiger charge is 2.20. The van der Waals surface area contributed by atoms with Gasteiger partial charge in [-0.3, -0.25) is 0 Å². The molecule has 0 bridgehead atoms. The van der Waals surface area contributed by atoms with Crippen LogP contribution >= 0.6 is 0 Å². The van der Waals surface area contributed by atoms with Gasteiger partial charge in [-0.25, -0.2) is 9.50 Å². The molecule has 4 nitrogen and oxygen atoms in total. The molecule has 0 radical (unpaired) electrons. The summed E-state index contributed by atoms with van der Waals surface area (Å²) in [7, 11) is 0. The maximum atomic E-state index is 4.89. The van der Waals surface area contributed by atoms with Crippen molar-refractivity contribution in [1.82, 2.24) is 19.9 Å². The molecule has 0 amide bonds. The van der Waals surface area contributed by atoms with Gasteiger partial charge in [0.2, 0.25) is 0 Å². The van der Waals surface area contributed by atoms with Gasteiger partial charge in [-0.05, 0) is 25.0 Å². The molecule has 1 aliphatic carbocycles. The molecular formula is C15H20N4. The summed E-state index contributed by atoms with van der Waals surface area (Å²) in [6.45, 7) is 1.93. The molecule has 4 heteroatoms. The second-order valence-corrected chi connectivity index (χ2v) is 5.80. The molecule has 3 heterocycles. The van der Waals surface area contributed by atoms with E-state index < -0.39 is 0 Å². The minimum absolute atomic E-state index is 0.660. The third-order valence-electron chi connectivity index (χ3n) is 4.53. The first-order valence-electron chi connectivity index (χ1n) is 7.50. The largest absolute Gasteiger partial charge is 0.311 e. The van der Waals surface area contributed by atoms with Gasteiger partial charge in [0.05, 0.1) is 17.1 Å². The van der Waals surface area contributed by atoms with E-state index in [1.54, 1.807) is 0 Å². The molecule has 1 aliphatic heterocycles. The van der Waals surface area contributed by atoms with Crippen LogP contribution in [0.4, 0.5) is 0 Å². The Kier molecular flexibility index (Phi) is 2.76. The molecule has 0 saturated heterocycles. The zero-order valence-electron chi connectivity index (χ0n) is 11.2. The van der Waals surface area contributed by atoms with Crippen LogP contribution in [-0.4, -0.2) is 21.1 Å². The normalized spacial score (nSPS) is 20.6. The summed E-state index contributed by atoms with van der Waals surface area (Å²) in [6, 6.07) is 4.34. The highest BCUT2D eigenvalue weighted by Crippen LogP contribution is 2.31. The molecule has 100 valence electrons. The second-order valence-electron chi connectivity index (χ2n) is 5.80. The van der Waals surface area contributed by atoms with Crippen LogP contribution < -0.4 is 5.32 Å². The Hall–Kier alpha value is -1.42. The maximum Gasteiger partial charge on any atom is 0.154 e. The van der Waals surface area contributed by atoms with Crippen molar-refractivity contribution in [2.75, 3.05) is 6.54 Å². The number of imidazole rings is 1. The molecule has 1 saturated carbocycles. The van der Waals surface area contributed by atoms with Crippen molar-refractivity contribution in [3.63, 3.8) is 0 Å². The molecule has 4 rings (SSSR count). The number of nitrogens with zero attached hydrogens (tertiary/aromatic N) is 3. The van der Waals surface area contributed by atoms with Gasteiger partial charge in [0.25, 0.3) is 0 Å². The van der Waals surface area contributed by atoms with E-state index in [1.807, 2.05) is 0 Å². The van der Waals surface area contributed by atoms with E-state index in [0.717, 1.165) is 25.2 Å². The minimum atomic E-state index is 0.660. The van der Waals surface area contributed by atoms with Gasteiger partial charge in [-0.2, -0.15) is 5.10 Å². The van der Waals surface area contributed by atoms with Crippen molar-refractivity contribution in [3.8, 4) is 0 Å². The van der Waals surface area contributed by atoms with Gasteiger partial charge in [-0.15, -0.1) is 0 Å². The molecule has 0 unspecified atom stereocenters. The van der Waals surface area contributed by atoms with E-state index in [4.69, 9.17) is 10.1 Å². The maximum absolute atomic E-state index is 4.89. The number of rotatable bonds is 1. The molecule has 1 fully saturated rings. The molecule has 0 spiro atoms. The van der Waals surface area contributed by atoms with Gasteiger partial charge in [0.15, 0.2) is 5.65 Å². The third kappa shape index (κ3) is 1.94. The lowest BCUT2D eigenvalue weighted by molar-refractivity contribution is 0.432. The first-order chi connectivity index (χ1) is 9.42. The fraction of sp³-hybridized carbons (Fsp3) is 0.600. The van der Waals surface area contributed by atoms with Gasteiger partial charge in [0, 0.05) is 25.4 Å². The van der Waals surface area contributed by atoms with Crippen LogP contribution in [0.2, 0.25) is 0 Å². The molecular weight excluding hydrogens is 236 g/mol. The average molecular weight is 256 g/mol. The van der Waals surface area contributed by atoms with Crippen LogP contribution in [0, 0.1) is 0 Å². The fourth-order valence-electron chi connectivity index (χ4n) is 3.45. The Balaban J connectivity index is 1.77. The Morgan fingerprint density at radius 3 is 2.95 bits per heavy atom. The smallest absolute Gasteiger partial charge is 0.154 e. The predicted octanol–water partition coefficient (Wildman–Crippen LogP) is 2.42. The van der Waals surface area contributed by atoms with Crippen LogP contribution in [0.3, 0.4) is 0 Å². The highest BCUT2D eigenvalue weighted by molar-refractivity contribution is 5.43. The summed E-state index contributed by atoms with van der Waals surface area (Å²) >= 11 is 0. The lowest BCUT2D eigenvalue weighted by Crippen LogP contribution is -2.24. The summed E-state index contributed by atoms with van der Waals surface area (Å²) in [5.74, 6) is 0.660. The zero-order valence-corrected chi connectivity index (χ0v) is 11.2. The standard InChI is InChI=1S/C15H20N4/c1-2-4-11(5-3-1)12-6-7-15-17-13-8-9-16-10-14(13)19(15)18-12/h6-7,11,16H,1-5,8-10H2. The van der Waals surface area contributed by atoms with Crippen LogP contribution in [0.25, 0.3) is 5.65 Å². The number of fused-ring (bicyclic) bond motifs is 3. The van der Waals surface area contributed by atoms with Gasteiger partial charge >= 0.3 is 0 Å². The lowest BCUT2D eigenvalue weighted by Gasteiger charge is -2.21. The monoisotopic (exact) mass is 256 g/mol. The summed E-state index contributed by atoms with van der Waals surface area (Å²) in [5, 5.41) is 8.30. The van der Waals surface area contributed by atoms with Crippen molar-refractivity contribution < 1.29 is 0 Å². The molecule has 0 atom stereocenters. The van der Waals surface area contributed by atoms with E-state index in [2.05, 4.69) is 22.0 Å². The minimum Gasteiger partial charge on any atom is -0.311 e. The van der Waals surface area contributed by atoms with Crippen LogP contribution in [0.1, 0.15) is 55.1 Å². The SMILES string of the molecule is c1cc2nc3c(n2nc1C1CCCCC1)CNCC3. The molecule has 2 aliphatic rings. The number of nitrogens with one attached hydrogen (secondary N) is 1. The Morgan fingerprint density at radius 1 is 1.16 bits per heavy atom. The van der Waals surface area contributed by atoms with Crippen LogP contribution in [-0.2, 0) is 13.0 Å². The number of aromatic nitrogens is 3. The van der Waals surface area contributed by atoms with Gasteiger partial charge in [-0.1, -0.05) is 19.3 Å². The Bertz CT molecular complexity index is 595. The number of hydrogen-bond acceptors (Lipinski definition) is 3. The lowest BCUT2D eigenvalue weighted by atomic mass is 9.87. The fourth-order valence-corrected chi connectivity index (χ4v) is 3.45. The molecule has 1 N–H and O–H groups in total. The predicted molar refractivity (Wildman–Crippen MR) is 74.2 cm³/mol. The molecule has 2 aromatic heterocycles. The number of hydrogen-bond donors (Lipinski definition) is 1. The van der Waals surface area contributed by atoms with Crippen molar-refractivity contribution in [1.29, 1.82) is 0 Å². The Labute approximate surface area is 113 Å². The van der Waals surface area contributed by atoms with E-state index >= 15 is 0 Å². The highest BCUT2D eigenvalue weighted by atomic mass is 15.3. The second kappa shape index (κ2) is 4.60. The van der Waals surface area contributed by atoms with E-state index in [-0.39, 0.29) is 0 Å². The average Bonchev–Trinajstić information content (AvgIpc) is 2.86. The first-order valence-corrected chi connectivity index (χ1v) is 7.50. The Morgan fingerprint density at radius 2 is 2.05 bits per heavy atom. The van der Waals surface area contributed by atoms with E-state index in [0.29, 0.717) is 5.92 Å². The van der Waals surface area contributed by atoms with Crippen molar-refractivity contribution in [2.45, 2.75) is 51.0 Å². The summed E-state index contributed by atoms with van der Waals surface area (Å²) in [6.07, 6.45) is 7.73. The third-order valence-corrected chi connectivity index (χ3v) is 4.53. The van der Waals surface area contributed by atoms with Crippen LogP contribution in [0.15, 0.2) is 12.1 Å². The van der Waals surface area contributed by atoms with Crippen molar-refractivity contribution in [2.24, 2.45) is 0 Å². The van der Waals surface area contributed by atoms with Crippen LogP contribution in [0.5, 0.6) is 0 Å².